The van der Waals surface area contributed by atoms with E-state index in [9.17, 15) is 0 Å². The lowest BCUT2D eigenvalue weighted by Crippen LogP contribution is -2.32. The van der Waals surface area contributed by atoms with Gasteiger partial charge < -0.3 is 9.47 Å². The summed E-state index contributed by atoms with van der Waals surface area (Å²) in [5, 5.41) is 0. The van der Waals surface area contributed by atoms with Crippen LogP contribution in [0.2, 0.25) is 0 Å². The highest BCUT2D eigenvalue weighted by molar-refractivity contribution is 6.01. The molecule has 2 spiro atoms. The van der Waals surface area contributed by atoms with Gasteiger partial charge in [0.1, 0.15) is 23.0 Å². The summed E-state index contributed by atoms with van der Waals surface area (Å²) in [5.74, 6) is 4.57. The lowest BCUT2D eigenvalue weighted by molar-refractivity contribution is 0.438. The number of aromatic nitrogens is 4. The van der Waals surface area contributed by atoms with Gasteiger partial charge in [-0.05, 0) is 131 Å². The third kappa shape index (κ3) is 9.89. The van der Waals surface area contributed by atoms with Crippen LogP contribution in [0, 0.1) is 0 Å². The Kier molecular flexibility index (Phi) is 14.8. The molecule has 0 bridgehead atoms. The second kappa shape index (κ2) is 25.7. The zero-order chi connectivity index (χ0) is 76.1. The fourth-order valence-corrected chi connectivity index (χ4v) is 19.8. The Morgan fingerprint density at radius 1 is 0.191 bits per heavy atom. The monoisotopic (exact) mass is 1470 g/mol. The average molecular weight is 1470 g/mol. The van der Waals surface area contributed by atoms with E-state index in [1.807, 2.05) is 30.3 Å². The van der Waals surface area contributed by atoms with Crippen LogP contribution in [-0.4, -0.2) is 19.9 Å². The molecule has 0 N–H and O–H groups in total. The van der Waals surface area contributed by atoms with E-state index in [-0.39, 0.29) is 5.41 Å². The molecule has 0 radical (unpaired) electrons. The van der Waals surface area contributed by atoms with Crippen molar-refractivity contribution in [2.75, 3.05) is 0 Å². The molecule has 6 nitrogen and oxygen atoms in total. The minimum atomic E-state index is -0.823. The van der Waals surface area contributed by atoms with Crippen molar-refractivity contribution in [2.45, 2.75) is 30.1 Å². The summed E-state index contributed by atoms with van der Waals surface area (Å²) in [6.07, 6.45) is 0. The van der Waals surface area contributed by atoms with Crippen LogP contribution in [0.1, 0.15) is 69.5 Å². The molecule has 6 heteroatoms. The number of hydrogen-bond donors (Lipinski definition) is 0. The highest BCUT2D eigenvalue weighted by atomic mass is 16.5. The van der Waals surface area contributed by atoms with E-state index in [0.717, 1.165) is 157 Å². The smallest absolute Gasteiger partial charge is 0.160 e. The standard InChI is InChI=1S/C109H70N4O2/c1-107(2)86-50-18-14-41-77(86)80-61-60-74(64-95(80)107)98-66-99(113-106(112-98)69-34-10-5-11-35-69)81-44-13-12-40-76(81)83-48-28-57-93-103(83)115-104-84(49-29-58-94(104)108(93)87-51-19-15-42-78(87)79-43-16-20-52-88(79)108)82-47-27-55-91-101(82)85-45-17-21-53-89(85)109(91)90-54-22-23-59-100(90)114-102-75(46-26-56-92(102)109)72-38-24-36-70(62-72)71-37-25-39-73(63-71)97-65-96(67-30-6-3-7-31-67)110-105(111-97)68-32-8-4-9-33-68/h3-66H,1-2H3. The maximum Gasteiger partial charge on any atom is 0.160 e. The van der Waals surface area contributed by atoms with Gasteiger partial charge in [0.25, 0.3) is 0 Å². The van der Waals surface area contributed by atoms with Crippen molar-refractivity contribution in [3.8, 4) is 169 Å². The first-order valence-corrected chi connectivity index (χ1v) is 39.6. The molecule has 0 amide bonds. The van der Waals surface area contributed by atoms with Gasteiger partial charge in [-0.3, -0.25) is 0 Å². The van der Waals surface area contributed by atoms with Crippen molar-refractivity contribution in [2.24, 2.45) is 0 Å². The quantitative estimate of drug-likeness (QED) is 0.136. The summed E-state index contributed by atoms with van der Waals surface area (Å²) in [6, 6.07) is 141. The van der Waals surface area contributed by atoms with Crippen LogP contribution in [0.5, 0.6) is 23.0 Å². The van der Waals surface area contributed by atoms with Crippen LogP contribution in [0.25, 0.3) is 146 Å². The SMILES string of the molecule is CC1(C)c2ccccc2-c2ccc(-c3cc(-c4ccccc4-c4cccc5c4Oc4c(-c6cccc7c6-c6ccccc6C76c7ccccc7Oc7c(-c8cccc(-c9cccc(-c%10cc(-c%11ccccc%11)nc(-c%11ccccc%11)n%10)c9)c8)cccc76)cccc4C54c5ccccc5-c5ccccc54)nc(-c4ccccc4)n3)cc21. The number of hydrogen-bond acceptors (Lipinski definition) is 6. The fraction of sp³-hybridized carbons (Fsp3) is 0.0459. The van der Waals surface area contributed by atoms with Crippen LogP contribution in [0.4, 0.5) is 0 Å². The largest absolute Gasteiger partial charge is 0.456 e. The molecule has 18 aromatic rings. The van der Waals surface area contributed by atoms with E-state index in [1.165, 1.54) is 55.6 Å². The molecule has 4 heterocycles. The third-order valence-electron chi connectivity index (χ3n) is 24.9. The number of ether oxygens (including phenoxy) is 2. The van der Waals surface area contributed by atoms with Gasteiger partial charge in [0.2, 0.25) is 0 Å². The highest BCUT2D eigenvalue weighted by Crippen LogP contribution is 2.68. The van der Waals surface area contributed by atoms with Crippen molar-refractivity contribution in [1.82, 2.24) is 19.9 Å². The normalized spacial score (nSPS) is 14.7. The number of para-hydroxylation sites is 4. The van der Waals surface area contributed by atoms with E-state index in [2.05, 4.69) is 372 Å². The van der Waals surface area contributed by atoms with E-state index >= 15 is 0 Å². The Morgan fingerprint density at radius 3 is 1.16 bits per heavy atom. The molecule has 2 aromatic heterocycles. The molecule has 16 aromatic carbocycles. The molecule has 3 aliphatic carbocycles. The van der Waals surface area contributed by atoms with Crippen molar-refractivity contribution in [3.05, 3.63) is 444 Å². The molecule has 2 aliphatic heterocycles. The molecule has 0 fully saturated rings. The maximum atomic E-state index is 8.15. The predicted octanol–water partition coefficient (Wildman–Crippen LogP) is 27.2. The summed E-state index contributed by atoms with van der Waals surface area (Å²) >= 11 is 0. The first-order chi connectivity index (χ1) is 56.8. The Morgan fingerprint density at radius 2 is 0.548 bits per heavy atom. The van der Waals surface area contributed by atoms with E-state index in [0.29, 0.717) is 11.6 Å². The number of fused-ring (bicyclic) bond motifs is 21. The zero-order valence-electron chi connectivity index (χ0n) is 63.1. The lowest BCUT2D eigenvalue weighted by atomic mass is 9.64. The minimum Gasteiger partial charge on any atom is -0.456 e. The Balaban J connectivity index is 0.687. The molecule has 115 heavy (non-hydrogen) atoms. The van der Waals surface area contributed by atoms with Gasteiger partial charge >= 0.3 is 0 Å². The van der Waals surface area contributed by atoms with Crippen LogP contribution in [-0.2, 0) is 16.2 Å². The van der Waals surface area contributed by atoms with E-state index < -0.39 is 10.8 Å². The van der Waals surface area contributed by atoms with Gasteiger partial charge in [-0.15, -0.1) is 0 Å². The molecule has 538 valence electrons. The number of nitrogens with zero attached hydrogens (tertiary/aromatic N) is 4. The van der Waals surface area contributed by atoms with Gasteiger partial charge in [-0.25, -0.2) is 19.9 Å². The van der Waals surface area contributed by atoms with Gasteiger partial charge in [-0.2, -0.15) is 0 Å². The summed E-state index contributed by atoms with van der Waals surface area (Å²) in [6.45, 7) is 4.67. The summed E-state index contributed by atoms with van der Waals surface area (Å²) in [7, 11) is 0. The number of benzene rings is 16. The highest BCUT2D eigenvalue weighted by Gasteiger charge is 2.55. The molecular formula is C109H70N4O2. The second-order valence-electron chi connectivity index (χ2n) is 31.3. The average Bonchev–Trinajstić information content (AvgIpc) is 1.53. The maximum absolute atomic E-state index is 8.15. The molecule has 1 unspecified atom stereocenters. The molecule has 23 rings (SSSR count). The third-order valence-corrected chi connectivity index (χ3v) is 24.9. The van der Waals surface area contributed by atoms with Crippen LogP contribution in [0.3, 0.4) is 0 Å². The molecular weight excluding hydrogens is 1400 g/mol. The van der Waals surface area contributed by atoms with Crippen LogP contribution >= 0.6 is 0 Å². The fourth-order valence-electron chi connectivity index (χ4n) is 19.8. The lowest BCUT2D eigenvalue weighted by Gasteiger charge is -2.41. The van der Waals surface area contributed by atoms with Crippen molar-refractivity contribution in [3.63, 3.8) is 0 Å². The molecule has 0 saturated heterocycles. The van der Waals surface area contributed by atoms with E-state index in [1.54, 1.807) is 0 Å². The molecule has 5 aliphatic rings. The van der Waals surface area contributed by atoms with Crippen molar-refractivity contribution in [1.29, 1.82) is 0 Å². The first kappa shape index (κ1) is 66.1. The van der Waals surface area contributed by atoms with Crippen LogP contribution in [0.15, 0.2) is 388 Å². The van der Waals surface area contributed by atoms with Gasteiger partial charge in [0, 0.05) is 77.7 Å². The van der Waals surface area contributed by atoms with Gasteiger partial charge in [0.15, 0.2) is 11.6 Å². The summed E-state index contributed by atoms with van der Waals surface area (Å²) in [4.78, 5) is 21.4. The Bertz CT molecular complexity index is 6980. The van der Waals surface area contributed by atoms with Crippen molar-refractivity contribution < 1.29 is 9.47 Å². The minimum absolute atomic E-state index is 0.201. The summed E-state index contributed by atoms with van der Waals surface area (Å²) in [5.41, 5.74) is 34.6. The Hall–Kier alpha value is -14.7. The van der Waals surface area contributed by atoms with Crippen LogP contribution < -0.4 is 9.47 Å². The topological polar surface area (TPSA) is 70.0 Å². The summed E-state index contributed by atoms with van der Waals surface area (Å²) < 4.78 is 15.6. The van der Waals surface area contributed by atoms with Gasteiger partial charge in [0.05, 0.1) is 33.6 Å². The number of rotatable bonds is 10. The molecule has 0 saturated carbocycles. The van der Waals surface area contributed by atoms with Crippen molar-refractivity contribution >= 4 is 0 Å². The van der Waals surface area contributed by atoms with E-state index in [4.69, 9.17) is 29.4 Å². The Labute approximate surface area is 667 Å². The molecule has 1 atom stereocenters. The van der Waals surface area contributed by atoms with Gasteiger partial charge in [-0.1, -0.05) is 366 Å². The zero-order valence-corrected chi connectivity index (χ0v) is 63.1. The predicted molar refractivity (Wildman–Crippen MR) is 464 cm³/mol. The second-order valence-corrected chi connectivity index (χ2v) is 31.3. The first-order valence-electron chi connectivity index (χ1n) is 39.6.